The van der Waals surface area contributed by atoms with Crippen molar-refractivity contribution in [3.8, 4) is 0 Å². The second-order valence-corrected chi connectivity index (χ2v) is 4.24. The number of furan rings is 1. The van der Waals surface area contributed by atoms with Crippen molar-refractivity contribution in [1.82, 2.24) is 4.90 Å². The van der Waals surface area contributed by atoms with Crippen molar-refractivity contribution in [2.75, 3.05) is 32.9 Å². The van der Waals surface area contributed by atoms with Gasteiger partial charge in [-0.05, 0) is 19.4 Å². The molecule has 1 saturated heterocycles. The van der Waals surface area contributed by atoms with Gasteiger partial charge < -0.3 is 18.8 Å². The maximum atomic E-state index is 12.0. The van der Waals surface area contributed by atoms with E-state index in [1.807, 2.05) is 6.92 Å². The van der Waals surface area contributed by atoms with Crippen LogP contribution in [0.3, 0.4) is 0 Å². The molecular formula is C13H19NO4. The minimum Gasteiger partial charge on any atom is -0.472 e. The third-order valence-electron chi connectivity index (χ3n) is 2.99. The van der Waals surface area contributed by atoms with Crippen molar-refractivity contribution >= 4 is 5.91 Å². The Balaban J connectivity index is 1.73. The van der Waals surface area contributed by atoms with Gasteiger partial charge in [-0.25, -0.2) is 0 Å². The number of nitrogens with zero attached hydrogens (tertiary/aromatic N) is 1. The van der Waals surface area contributed by atoms with Gasteiger partial charge >= 0.3 is 0 Å². The largest absolute Gasteiger partial charge is 0.472 e. The second-order valence-electron chi connectivity index (χ2n) is 4.24. The Morgan fingerprint density at radius 3 is 3.17 bits per heavy atom. The molecule has 1 aromatic heterocycles. The van der Waals surface area contributed by atoms with Crippen LogP contribution < -0.4 is 0 Å². The molecule has 1 aliphatic heterocycles. The molecule has 1 atom stereocenters. The monoisotopic (exact) mass is 253 g/mol. The van der Waals surface area contributed by atoms with Crippen molar-refractivity contribution in [2.24, 2.45) is 0 Å². The molecule has 0 bridgehead atoms. The number of hydrogen-bond acceptors (Lipinski definition) is 4. The summed E-state index contributed by atoms with van der Waals surface area (Å²) in [4.78, 5) is 13.8. The number of likely N-dealkylation sites (tertiary alicyclic amines) is 1. The van der Waals surface area contributed by atoms with E-state index < -0.39 is 0 Å². The van der Waals surface area contributed by atoms with Gasteiger partial charge in [-0.15, -0.1) is 0 Å². The number of carbonyl (C=O) groups excluding carboxylic acids is 1. The minimum absolute atomic E-state index is 0.0136. The van der Waals surface area contributed by atoms with Crippen molar-refractivity contribution < 1.29 is 18.7 Å². The number of ether oxygens (including phenoxy) is 2. The van der Waals surface area contributed by atoms with Gasteiger partial charge in [-0.3, -0.25) is 4.79 Å². The summed E-state index contributed by atoms with van der Waals surface area (Å²) in [6.07, 6.45) is 4.00. The van der Waals surface area contributed by atoms with Crippen LogP contribution in [0.15, 0.2) is 23.0 Å². The maximum absolute atomic E-state index is 12.0. The normalized spacial score (nSPS) is 19.4. The molecule has 2 rings (SSSR count). The molecule has 0 spiro atoms. The molecule has 1 aliphatic rings. The molecule has 2 heterocycles. The highest BCUT2D eigenvalue weighted by atomic mass is 16.5. The Bertz CT molecular complexity index is 363. The summed E-state index contributed by atoms with van der Waals surface area (Å²) in [5, 5.41) is 0. The molecule has 18 heavy (non-hydrogen) atoms. The van der Waals surface area contributed by atoms with E-state index >= 15 is 0 Å². The Labute approximate surface area is 107 Å². The zero-order valence-electron chi connectivity index (χ0n) is 10.6. The average Bonchev–Trinajstić information content (AvgIpc) is 3.05. The first-order chi connectivity index (χ1) is 8.81. The summed E-state index contributed by atoms with van der Waals surface area (Å²) in [5.41, 5.74) is 0.602. The maximum Gasteiger partial charge on any atom is 0.257 e. The van der Waals surface area contributed by atoms with Crippen molar-refractivity contribution in [2.45, 2.75) is 19.4 Å². The fourth-order valence-corrected chi connectivity index (χ4v) is 2.04. The van der Waals surface area contributed by atoms with Gasteiger partial charge in [0.1, 0.15) is 6.26 Å². The average molecular weight is 253 g/mol. The predicted octanol–water partition coefficient (Wildman–Crippen LogP) is 1.55. The molecule has 100 valence electrons. The number of carbonyl (C=O) groups is 1. The number of rotatable bonds is 6. The molecule has 1 aromatic rings. The highest BCUT2D eigenvalue weighted by molar-refractivity contribution is 5.94. The highest BCUT2D eigenvalue weighted by Gasteiger charge is 2.27. The lowest BCUT2D eigenvalue weighted by Gasteiger charge is -2.15. The van der Waals surface area contributed by atoms with Crippen LogP contribution >= 0.6 is 0 Å². The van der Waals surface area contributed by atoms with E-state index in [1.165, 1.54) is 12.5 Å². The third-order valence-corrected chi connectivity index (χ3v) is 2.99. The topological polar surface area (TPSA) is 51.9 Å². The molecule has 0 aliphatic carbocycles. The zero-order valence-corrected chi connectivity index (χ0v) is 10.6. The fraction of sp³-hybridized carbons (Fsp3) is 0.615. The Hall–Kier alpha value is -1.33. The molecule has 1 fully saturated rings. The van der Waals surface area contributed by atoms with Gasteiger partial charge in [0.05, 0.1) is 31.1 Å². The lowest BCUT2D eigenvalue weighted by atomic mass is 10.3. The van der Waals surface area contributed by atoms with Gasteiger partial charge in [0, 0.05) is 19.7 Å². The van der Waals surface area contributed by atoms with Crippen molar-refractivity contribution in [3.63, 3.8) is 0 Å². The first-order valence-corrected chi connectivity index (χ1v) is 6.32. The van der Waals surface area contributed by atoms with Gasteiger partial charge in [-0.1, -0.05) is 0 Å². The molecule has 0 radical (unpaired) electrons. The Morgan fingerprint density at radius 2 is 2.44 bits per heavy atom. The molecule has 0 saturated carbocycles. The second kappa shape index (κ2) is 6.56. The SMILES string of the molecule is CCOCCO[C@H]1CCN(C(=O)c2ccoc2)C1. The van der Waals surface area contributed by atoms with E-state index in [9.17, 15) is 4.79 Å². The summed E-state index contributed by atoms with van der Waals surface area (Å²) in [6, 6.07) is 1.69. The van der Waals surface area contributed by atoms with Gasteiger partial charge in [-0.2, -0.15) is 0 Å². The lowest BCUT2D eigenvalue weighted by Crippen LogP contribution is -2.30. The standard InChI is InChI=1S/C13H19NO4/c1-2-16-7-8-18-12-3-5-14(9-12)13(15)11-4-6-17-10-11/h4,6,10,12H,2-3,5,7-9H2,1H3/t12-/m0/s1. The van der Waals surface area contributed by atoms with Crippen LogP contribution in [0.1, 0.15) is 23.7 Å². The molecular weight excluding hydrogens is 234 g/mol. The first kappa shape index (κ1) is 13.1. The van der Waals surface area contributed by atoms with Crippen LogP contribution in [0.25, 0.3) is 0 Å². The van der Waals surface area contributed by atoms with Crippen LogP contribution in [0.5, 0.6) is 0 Å². The Kier molecular flexibility index (Phi) is 4.78. The highest BCUT2D eigenvalue weighted by Crippen LogP contribution is 2.16. The zero-order chi connectivity index (χ0) is 12.8. The van der Waals surface area contributed by atoms with Crippen LogP contribution in [0.4, 0.5) is 0 Å². The molecule has 0 N–H and O–H groups in total. The van der Waals surface area contributed by atoms with Gasteiger partial charge in [0.2, 0.25) is 0 Å². The Morgan fingerprint density at radius 1 is 1.56 bits per heavy atom. The molecule has 0 aromatic carbocycles. The lowest BCUT2D eigenvalue weighted by molar-refractivity contribution is 0.0120. The van der Waals surface area contributed by atoms with Gasteiger partial charge in [0.25, 0.3) is 5.91 Å². The summed E-state index contributed by atoms with van der Waals surface area (Å²) in [7, 11) is 0. The van der Waals surface area contributed by atoms with Gasteiger partial charge in [0.15, 0.2) is 0 Å². The predicted molar refractivity (Wildman–Crippen MR) is 65.5 cm³/mol. The minimum atomic E-state index is 0.0136. The smallest absolute Gasteiger partial charge is 0.257 e. The van der Waals surface area contributed by atoms with E-state index in [0.29, 0.717) is 31.9 Å². The molecule has 0 unspecified atom stereocenters. The molecule has 5 heteroatoms. The van der Waals surface area contributed by atoms with Crippen LogP contribution in [0, 0.1) is 0 Å². The van der Waals surface area contributed by atoms with Crippen molar-refractivity contribution in [3.05, 3.63) is 24.2 Å². The van der Waals surface area contributed by atoms with E-state index in [0.717, 1.165) is 13.0 Å². The number of amides is 1. The number of hydrogen-bond donors (Lipinski definition) is 0. The quantitative estimate of drug-likeness (QED) is 0.722. The third kappa shape index (κ3) is 3.34. The molecule has 1 amide bonds. The molecule has 5 nitrogen and oxygen atoms in total. The van der Waals surface area contributed by atoms with E-state index in [-0.39, 0.29) is 12.0 Å². The summed E-state index contributed by atoms with van der Waals surface area (Å²) in [5.74, 6) is 0.0136. The summed E-state index contributed by atoms with van der Waals surface area (Å²) < 4.78 is 15.8. The summed E-state index contributed by atoms with van der Waals surface area (Å²) >= 11 is 0. The fourth-order valence-electron chi connectivity index (χ4n) is 2.04. The summed E-state index contributed by atoms with van der Waals surface area (Å²) in [6.45, 7) is 5.26. The van der Waals surface area contributed by atoms with Crippen LogP contribution in [0.2, 0.25) is 0 Å². The van der Waals surface area contributed by atoms with E-state index in [1.54, 1.807) is 11.0 Å². The van der Waals surface area contributed by atoms with E-state index in [4.69, 9.17) is 13.9 Å². The first-order valence-electron chi connectivity index (χ1n) is 6.32. The van der Waals surface area contributed by atoms with Crippen LogP contribution in [-0.2, 0) is 9.47 Å². The van der Waals surface area contributed by atoms with E-state index in [2.05, 4.69) is 0 Å². The van der Waals surface area contributed by atoms with Crippen LogP contribution in [-0.4, -0.2) is 49.8 Å². The van der Waals surface area contributed by atoms with Crippen molar-refractivity contribution in [1.29, 1.82) is 0 Å².